The maximum atomic E-state index is 9.46. The maximum absolute atomic E-state index is 9.46. The van der Waals surface area contributed by atoms with Gasteiger partial charge in [0.05, 0.1) is 5.69 Å². The Hall–Kier alpha value is -3.54. The van der Waals surface area contributed by atoms with Gasteiger partial charge in [-0.25, -0.2) is 0 Å². The first kappa shape index (κ1) is 20.4. The van der Waals surface area contributed by atoms with Crippen molar-refractivity contribution in [3.05, 3.63) is 108 Å². The molecule has 158 valence electrons. The summed E-state index contributed by atoms with van der Waals surface area (Å²) in [5.74, 6) is 0.384. The van der Waals surface area contributed by atoms with E-state index in [0.717, 1.165) is 17.1 Å². The van der Waals surface area contributed by atoms with E-state index in [0.29, 0.717) is 5.75 Å². The van der Waals surface area contributed by atoms with E-state index in [4.69, 9.17) is 4.65 Å². The van der Waals surface area contributed by atoms with Crippen molar-refractivity contribution in [2.24, 2.45) is 0 Å². The van der Waals surface area contributed by atoms with Gasteiger partial charge >= 0.3 is 7.32 Å². The number of benzene rings is 4. The van der Waals surface area contributed by atoms with Crippen LogP contribution in [0.5, 0.6) is 5.75 Å². The SMILES string of the molecule is CC1(C)c2ccccc2-c2ccc(N(c3ccccc3)c3ccccc3OB(O)O)cc21. The van der Waals surface area contributed by atoms with Crippen molar-refractivity contribution in [2.45, 2.75) is 19.3 Å². The van der Waals surface area contributed by atoms with E-state index in [1.165, 1.54) is 22.3 Å². The second-order valence-corrected chi connectivity index (χ2v) is 8.48. The minimum absolute atomic E-state index is 0.123. The fourth-order valence-electron chi connectivity index (χ4n) is 4.69. The molecule has 4 aromatic rings. The van der Waals surface area contributed by atoms with Crippen LogP contribution < -0.4 is 9.55 Å². The third-order valence-corrected chi connectivity index (χ3v) is 6.18. The molecule has 0 bridgehead atoms. The van der Waals surface area contributed by atoms with Crippen LogP contribution in [0.25, 0.3) is 11.1 Å². The second kappa shape index (κ2) is 7.86. The van der Waals surface area contributed by atoms with Gasteiger partial charge < -0.3 is 19.6 Å². The van der Waals surface area contributed by atoms with E-state index in [1.54, 1.807) is 6.07 Å². The molecular weight excluding hydrogens is 397 g/mol. The highest BCUT2D eigenvalue weighted by atomic mass is 16.6. The summed E-state index contributed by atoms with van der Waals surface area (Å²) in [5, 5.41) is 18.9. The van der Waals surface area contributed by atoms with Gasteiger partial charge in [-0.15, -0.1) is 0 Å². The zero-order chi connectivity index (χ0) is 22.3. The minimum atomic E-state index is -1.90. The molecule has 4 nitrogen and oxygen atoms in total. The number of hydrogen-bond acceptors (Lipinski definition) is 4. The van der Waals surface area contributed by atoms with Gasteiger partial charge in [0.25, 0.3) is 0 Å². The molecule has 4 aromatic carbocycles. The molecule has 0 unspecified atom stereocenters. The monoisotopic (exact) mass is 421 g/mol. The third kappa shape index (κ3) is 3.36. The van der Waals surface area contributed by atoms with E-state index in [1.807, 2.05) is 48.5 Å². The fourth-order valence-corrected chi connectivity index (χ4v) is 4.69. The second-order valence-electron chi connectivity index (χ2n) is 8.48. The third-order valence-electron chi connectivity index (χ3n) is 6.18. The summed E-state index contributed by atoms with van der Waals surface area (Å²) in [6.07, 6.45) is 0. The van der Waals surface area contributed by atoms with Crippen LogP contribution in [0, 0.1) is 0 Å². The van der Waals surface area contributed by atoms with Crippen LogP contribution in [-0.2, 0) is 5.41 Å². The van der Waals surface area contributed by atoms with Crippen molar-refractivity contribution < 1.29 is 14.7 Å². The number of anilines is 3. The van der Waals surface area contributed by atoms with E-state index in [9.17, 15) is 10.0 Å². The lowest BCUT2D eigenvalue weighted by molar-refractivity contribution is 0.288. The maximum Gasteiger partial charge on any atom is 0.707 e. The predicted molar refractivity (Wildman–Crippen MR) is 130 cm³/mol. The molecule has 32 heavy (non-hydrogen) atoms. The normalized spacial score (nSPS) is 13.2. The summed E-state index contributed by atoms with van der Waals surface area (Å²) in [5.41, 5.74) is 7.63. The first-order valence-electron chi connectivity index (χ1n) is 10.7. The number of hydrogen-bond donors (Lipinski definition) is 2. The van der Waals surface area contributed by atoms with Crippen LogP contribution in [0.3, 0.4) is 0 Å². The van der Waals surface area contributed by atoms with Crippen LogP contribution in [0.2, 0.25) is 0 Å². The molecule has 0 aromatic heterocycles. The Labute approximate surface area is 188 Å². The highest BCUT2D eigenvalue weighted by Crippen LogP contribution is 2.51. The highest BCUT2D eigenvalue weighted by molar-refractivity contribution is 6.34. The van der Waals surface area contributed by atoms with Gasteiger partial charge in [0.2, 0.25) is 0 Å². The van der Waals surface area contributed by atoms with Gasteiger partial charge in [0.15, 0.2) is 0 Å². The molecule has 0 amide bonds. The van der Waals surface area contributed by atoms with Crippen LogP contribution in [0.4, 0.5) is 17.1 Å². The summed E-state index contributed by atoms with van der Waals surface area (Å²) in [6.45, 7) is 4.51. The fraction of sp³-hybridized carbons (Fsp3) is 0.111. The van der Waals surface area contributed by atoms with Gasteiger partial charge in [-0.05, 0) is 58.7 Å². The van der Waals surface area contributed by atoms with Gasteiger partial charge in [-0.2, -0.15) is 0 Å². The Kier molecular flexibility index (Phi) is 5.01. The van der Waals surface area contributed by atoms with Gasteiger partial charge in [-0.3, -0.25) is 0 Å². The smallest absolute Gasteiger partial charge is 0.510 e. The lowest BCUT2D eigenvalue weighted by Gasteiger charge is -2.29. The van der Waals surface area contributed by atoms with E-state index < -0.39 is 7.32 Å². The van der Waals surface area contributed by atoms with Crippen molar-refractivity contribution in [3.8, 4) is 16.9 Å². The van der Waals surface area contributed by atoms with Crippen LogP contribution in [0.15, 0.2) is 97.1 Å². The molecule has 0 spiro atoms. The summed E-state index contributed by atoms with van der Waals surface area (Å²) >= 11 is 0. The van der Waals surface area contributed by atoms with Crippen molar-refractivity contribution in [1.82, 2.24) is 0 Å². The molecular formula is C27H24BNO3. The molecule has 1 aliphatic carbocycles. The minimum Gasteiger partial charge on any atom is -0.510 e. The van der Waals surface area contributed by atoms with Crippen LogP contribution in [0.1, 0.15) is 25.0 Å². The summed E-state index contributed by atoms with van der Waals surface area (Å²) < 4.78 is 5.32. The molecule has 0 saturated heterocycles. The Morgan fingerprint density at radius 3 is 2.12 bits per heavy atom. The number of nitrogens with zero attached hydrogens (tertiary/aromatic N) is 1. The average molecular weight is 421 g/mol. The topological polar surface area (TPSA) is 52.9 Å². The molecule has 0 atom stereocenters. The van der Waals surface area contributed by atoms with Crippen LogP contribution in [-0.4, -0.2) is 17.4 Å². The molecule has 5 heteroatoms. The molecule has 5 rings (SSSR count). The summed E-state index contributed by atoms with van der Waals surface area (Å²) in [6, 6.07) is 32.5. The zero-order valence-corrected chi connectivity index (χ0v) is 18.1. The average Bonchev–Trinajstić information content (AvgIpc) is 3.03. The highest BCUT2D eigenvalue weighted by Gasteiger charge is 2.35. The first-order chi connectivity index (χ1) is 15.5. The van der Waals surface area contributed by atoms with Gasteiger partial charge in [-0.1, -0.05) is 74.5 Å². The largest absolute Gasteiger partial charge is 0.707 e. The summed E-state index contributed by atoms with van der Waals surface area (Å²) in [7, 11) is -1.90. The molecule has 0 heterocycles. The lowest BCUT2D eigenvalue weighted by atomic mass is 9.82. The van der Waals surface area contributed by atoms with E-state index in [2.05, 4.69) is 61.2 Å². The standard InChI is InChI=1S/C27H24BNO3/c1-27(2)23-13-7-6-12-21(23)22-17-16-20(18-24(22)27)29(19-10-4-3-5-11-19)25-14-8-9-15-26(25)32-28(30)31/h3-18,30-31H,1-2H3. The Balaban J connectivity index is 1.70. The van der Waals surface area contributed by atoms with Gasteiger partial charge in [0.1, 0.15) is 5.75 Å². The molecule has 0 radical (unpaired) electrons. The molecule has 2 N–H and O–H groups in total. The van der Waals surface area contributed by atoms with Crippen LogP contribution >= 0.6 is 0 Å². The Morgan fingerprint density at radius 1 is 0.688 bits per heavy atom. The molecule has 1 aliphatic rings. The van der Waals surface area contributed by atoms with Crippen molar-refractivity contribution >= 4 is 24.4 Å². The number of fused-ring (bicyclic) bond motifs is 3. The van der Waals surface area contributed by atoms with Crippen molar-refractivity contribution in [1.29, 1.82) is 0 Å². The first-order valence-corrected chi connectivity index (χ1v) is 10.7. The molecule has 0 fully saturated rings. The van der Waals surface area contributed by atoms with Crippen molar-refractivity contribution in [3.63, 3.8) is 0 Å². The quantitative estimate of drug-likeness (QED) is 0.400. The zero-order valence-electron chi connectivity index (χ0n) is 18.1. The molecule has 0 saturated carbocycles. The number of para-hydroxylation sites is 3. The summed E-state index contributed by atoms with van der Waals surface area (Å²) in [4.78, 5) is 2.08. The van der Waals surface area contributed by atoms with E-state index in [-0.39, 0.29) is 5.41 Å². The predicted octanol–water partition coefficient (Wildman–Crippen LogP) is 5.81. The Bertz CT molecular complexity index is 1270. The van der Waals surface area contributed by atoms with Crippen molar-refractivity contribution in [2.75, 3.05) is 4.90 Å². The van der Waals surface area contributed by atoms with E-state index >= 15 is 0 Å². The number of rotatable bonds is 5. The van der Waals surface area contributed by atoms with Gasteiger partial charge in [0, 0.05) is 16.8 Å². The Morgan fingerprint density at radius 2 is 1.34 bits per heavy atom. The molecule has 0 aliphatic heterocycles. The lowest BCUT2D eigenvalue weighted by Crippen LogP contribution is -2.22.